The van der Waals surface area contributed by atoms with Crippen LogP contribution in [0.1, 0.15) is 50.3 Å². The molecule has 2 aromatic heterocycles. The number of rotatable bonds is 4. The average Bonchev–Trinajstić information content (AvgIpc) is 3.14. The molecule has 0 saturated carbocycles. The van der Waals surface area contributed by atoms with Gasteiger partial charge in [-0.25, -0.2) is 18.6 Å². The first-order chi connectivity index (χ1) is 21.3. The smallest absolute Gasteiger partial charge is 0.331 e. The van der Waals surface area contributed by atoms with Gasteiger partial charge in [0, 0.05) is 78.8 Å². The Morgan fingerprint density at radius 3 is 2.44 bits per heavy atom. The minimum atomic E-state index is -4.69. The van der Waals surface area contributed by atoms with E-state index in [1.165, 1.54) is 22.9 Å². The van der Waals surface area contributed by atoms with Gasteiger partial charge >= 0.3 is 11.9 Å². The summed E-state index contributed by atoms with van der Waals surface area (Å²) in [5.74, 6) is -3.64. The molecule has 2 aliphatic heterocycles. The number of hydrogen-bond acceptors (Lipinski definition) is 5. The number of piperazine rings is 1. The van der Waals surface area contributed by atoms with Crippen molar-refractivity contribution in [1.29, 1.82) is 0 Å². The topological polar surface area (TPSA) is 71.3 Å². The lowest BCUT2D eigenvalue weighted by atomic mass is 10.00. The molecule has 5 unspecified atom stereocenters. The summed E-state index contributed by atoms with van der Waals surface area (Å²) in [6.07, 6.45) is -0.0462. The Morgan fingerprint density at radius 2 is 1.84 bits per heavy atom. The highest BCUT2D eigenvalue weighted by atomic mass is 32.2. The Morgan fingerprint density at radius 1 is 1.11 bits per heavy atom. The third-order valence-corrected chi connectivity index (χ3v) is 12.1. The first-order valence-electron chi connectivity index (χ1n) is 14.9. The minimum Gasteiger partial charge on any atom is -0.331 e. The van der Waals surface area contributed by atoms with Crippen LogP contribution < -0.4 is 5.69 Å². The first kappa shape index (κ1) is 31.4. The van der Waals surface area contributed by atoms with Crippen molar-refractivity contribution in [3.63, 3.8) is 0 Å². The maximum absolute atomic E-state index is 14.5. The van der Waals surface area contributed by atoms with Gasteiger partial charge in [0.25, 0.3) is 5.92 Å². The molecule has 3 aliphatic rings. The highest BCUT2D eigenvalue weighted by Gasteiger charge is 2.46. The van der Waals surface area contributed by atoms with Crippen LogP contribution in [-0.4, -0.2) is 66.7 Å². The Labute approximate surface area is 259 Å². The van der Waals surface area contributed by atoms with Gasteiger partial charge < -0.3 is 4.90 Å². The number of hydrogen-bond donors (Lipinski definition) is 1. The van der Waals surface area contributed by atoms with Crippen molar-refractivity contribution >= 4 is 27.7 Å². The van der Waals surface area contributed by atoms with E-state index in [-0.39, 0.29) is 36.3 Å². The van der Waals surface area contributed by atoms with Crippen LogP contribution in [0.15, 0.2) is 76.1 Å². The molecule has 1 amide bonds. The molecule has 7 nitrogen and oxygen atoms in total. The lowest BCUT2D eigenvalue weighted by Gasteiger charge is -2.51. The molecule has 4 heterocycles. The molecule has 0 bridgehead atoms. The standard InChI is InChI=1S/C32H34F5N5O2S/c1-4-27(43)42-19(2)16-40(17-20(42)3)29-24(25-7-5-6-12-38-25)18-41-28-21(15-39-30(41)44)13-22(32(35,36)37)14-26(28)45(29)23-8-10-31(33,34)11-9-23/h4-8,12-15,19-20,24,29,45H,1,9-11,16-18H2,2-3H3. The number of alkyl halides is 5. The van der Waals surface area contributed by atoms with Crippen LogP contribution in [0.25, 0.3) is 10.9 Å². The molecular weight excluding hydrogens is 613 g/mol. The second kappa shape index (κ2) is 11.7. The number of aromatic nitrogens is 3. The monoisotopic (exact) mass is 647 g/mol. The number of carbonyl (C=O) groups excluding carboxylic acids is 1. The van der Waals surface area contributed by atoms with Gasteiger partial charge in [0.15, 0.2) is 0 Å². The number of halogens is 5. The zero-order valence-electron chi connectivity index (χ0n) is 24.8. The molecule has 1 saturated heterocycles. The summed E-state index contributed by atoms with van der Waals surface area (Å²) < 4.78 is 73.6. The van der Waals surface area contributed by atoms with Gasteiger partial charge in [0.2, 0.25) is 5.91 Å². The molecular formula is C32H34F5N5O2S. The van der Waals surface area contributed by atoms with Gasteiger partial charge in [-0.1, -0.05) is 18.7 Å². The van der Waals surface area contributed by atoms with Gasteiger partial charge in [-0.05, 0) is 55.5 Å². The molecule has 5 atom stereocenters. The average molecular weight is 648 g/mol. The number of nitrogens with zero attached hydrogens (tertiary/aromatic N) is 5. The molecule has 240 valence electrons. The summed E-state index contributed by atoms with van der Waals surface area (Å²) >= 11 is 0. The van der Waals surface area contributed by atoms with E-state index in [4.69, 9.17) is 0 Å². The molecule has 3 aromatic rings. The summed E-state index contributed by atoms with van der Waals surface area (Å²) in [5, 5.41) is -0.359. The Bertz CT molecular complexity index is 1710. The van der Waals surface area contributed by atoms with Crippen molar-refractivity contribution < 1.29 is 26.7 Å². The fraction of sp³-hybridized carbons (Fsp3) is 0.438. The Balaban J connectivity index is 1.64. The first-order valence-corrected chi connectivity index (χ1v) is 16.3. The molecule has 1 fully saturated rings. The molecule has 1 aliphatic carbocycles. The van der Waals surface area contributed by atoms with Crippen LogP contribution >= 0.6 is 10.9 Å². The number of benzene rings is 1. The molecule has 1 aromatic carbocycles. The SMILES string of the molecule is C=CC(=O)N1C(C)CN(C2C(c3ccccn3)Cn3c(=O)ncc4cc(C(F)(F)F)cc(c43)[SH]2C2=CCC(F)(F)CC2)CC1C. The lowest BCUT2D eigenvalue weighted by Crippen LogP contribution is -2.61. The van der Waals surface area contributed by atoms with Crippen LogP contribution in [-0.2, 0) is 17.5 Å². The van der Waals surface area contributed by atoms with Crippen molar-refractivity contribution in [3.8, 4) is 0 Å². The van der Waals surface area contributed by atoms with Gasteiger partial charge in [-0.2, -0.15) is 24.1 Å². The van der Waals surface area contributed by atoms with Gasteiger partial charge in [0.05, 0.1) is 16.5 Å². The van der Waals surface area contributed by atoms with Crippen molar-refractivity contribution in [2.24, 2.45) is 0 Å². The fourth-order valence-electron chi connectivity index (χ4n) is 7.16. The maximum Gasteiger partial charge on any atom is 0.416 e. The van der Waals surface area contributed by atoms with E-state index >= 15 is 0 Å². The second-order valence-corrected chi connectivity index (χ2v) is 14.4. The summed E-state index contributed by atoms with van der Waals surface area (Å²) in [7, 11) is -1.76. The van der Waals surface area contributed by atoms with Crippen molar-refractivity contribution in [2.75, 3.05) is 13.1 Å². The quantitative estimate of drug-likeness (QED) is 0.211. The lowest BCUT2D eigenvalue weighted by molar-refractivity contribution is -0.137. The zero-order valence-corrected chi connectivity index (χ0v) is 25.7. The van der Waals surface area contributed by atoms with Crippen molar-refractivity contribution in [3.05, 3.63) is 88.1 Å². The zero-order chi connectivity index (χ0) is 32.3. The van der Waals surface area contributed by atoms with E-state index in [2.05, 4.69) is 21.4 Å². The number of thiol groups is 1. The predicted molar refractivity (Wildman–Crippen MR) is 163 cm³/mol. The normalized spacial score (nSPS) is 27.9. The van der Waals surface area contributed by atoms with E-state index in [1.807, 2.05) is 26.0 Å². The largest absolute Gasteiger partial charge is 0.416 e. The Hall–Kier alpha value is -3.58. The number of carbonyl (C=O) groups is 1. The maximum atomic E-state index is 14.5. The number of amides is 1. The molecule has 0 radical (unpaired) electrons. The molecule has 0 spiro atoms. The summed E-state index contributed by atoms with van der Waals surface area (Å²) in [4.78, 5) is 39.7. The van der Waals surface area contributed by atoms with E-state index in [1.54, 1.807) is 17.2 Å². The summed E-state index contributed by atoms with van der Waals surface area (Å²) in [6, 6.07) is 6.95. The van der Waals surface area contributed by atoms with Crippen LogP contribution in [0.2, 0.25) is 0 Å². The van der Waals surface area contributed by atoms with Crippen LogP contribution in [0.3, 0.4) is 0 Å². The second-order valence-electron chi connectivity index (χ2n) is 12.1. The number of allylic oxidation sites excluding steroid dienone is 2. The van der Waals surface area contributed by atoms with E-state index < -0.39 is 58.4 Å². The van der Waals surface area contributed by atoms with E-state index in [9.17, 15) is 31.5 Å². The van der Waals surface area contributed by atoms with Crippen molar-refractivity contribution in [2.45, 2.75) is 80.0 Å². The summed E-state index contributed by atoms with van der Waals surface area (Å²) in [5.41, 5.74) is -0.511. The van der Waals surface area contributed by atoms with Gasteiger partial charge in [-0.3, -0.25) is 19.2 Å². The predicted octanol–water partition coefficient (Wildman–Crippen LogP) is 6.10. The van der Waals surface area contributed by atoms with Crippen LogP contribution in [0.5, 0.6) is 0 Å². The molecule has 45 heavy (non-hydrogen) atoms. The van der Waals surface area contributed by atoms with E-state index in [0.29, 0.717) is 34.1 Å². The molecule has 13 heteroatoms. The van der Waals surface area contributed by atoms with Gasteiger partial charge in [0.1, 0.15) is 0 Å². The molecule has 0 N–H and O–H groups in total. The van der Waals surface area contributed by atoms with Crippen LogP contribution in [0.4, 0.5) is 22.0 Å². The Kier molecular flexibility index (Phi) is 8.13. The van der Waals surface area contributed by atoms with Gasteiger partial charge in [-0.15, -0.1) is 0 Å². The third kappa shape index (κ3) is 5.80. The van der Waals surface area contributed by atoms with Crippen molar-refractivity contribution in [1.82, 2.24) is 24.3 Å². The highest BCUT2D eigenvalue weighted by molar-refractivity contribution is 8.21. The molecule has 6 rings (SSSR count). The number of pyridine rings is 1. The minimum absolute atomic E-state index is 0.0111. The summed E-state index contributed by atoms with van der Waals surface area (Å²) in [6.45, 7) is 8.29. The third-order valence-electron chi connectivity index (χ3n) is 9.04. The van der Waals surface area contributed by atoms with Crippen LogP contribution in [0, 0.1) is 0 Å². The van der Waals surface area contributed by atoms with E-state index in [0.717, 1.165) is 12.1 Å². The highest BCUT2D eigenvalue weighted by Crippen LogP contribution is 2.60. The fourth-order valence-corrected chi connectivity index (χ4v) is 10.6.